The van der Waals surface area contributed by atoms with Crippen LogP contribution in [0, 0.1) is 11.6 Å². The Morgan fingerprint density at radius 3 is 2.54 bits per heavy atom. The third-order valence-electron chi connectivity index (χ3n) is 4.03. The number of halogens is 2. The van der Waals surface area contributed by atoms with E-state index in [1.807, 2.05) is 25.1 Å². The second-order valence-electron chi connectivity index (χ2n) is 5.96. The molecule has 0 unspecified atom stereocenters. The number of carbonyl (C=O) groups is 1. The lowest BCUT2D eigenvalue weighted by Crippen LogP contribution is -2.24. The van der Waals surface area contributed by atoms with Gasteiger partial charge >= 0.3 is 0 Å². The van der Waals surface area contributed by atoms with Crippen LogP contribution in [0.2, 0.25) is 0 Å². The number of amides is 1. The highest BCUT2D eigenvalue weighted by Crippen LogP contribution is 2.32. The average molecular weight is 359 g/mol. The van der Waals surface area contributed by atoms with Crippen LogP contribution in [0.4, 0.5) is 8.78 Å². The van der Waals surface area contributed by atoms with Crippen LogP contribution >= 0.6 is 0 Å². The van der Waals surface area contributed by atoms with E-state index in [9.17, 15) is 13.6 Å². The number of rotatable bonds is 4. The average Bonchev–Trinajstić information content (AvgIpc) is 2.86. The fourth-order valence-corrected chi connectivity index (χ4v) is 2.62. The maximum absolute atomic E-state index is 13.6. The first kappa shape index (κ1) is 17.9. The summed E-state index contributed by atoms with van der Waals surface area (Å²) in [7, 11) is 0. The number of benzene rings is 2. The second kappa shape index (κ2) is 7.99. The molecule has 0 spiro atoms. The zero-order valence-corrected chi connectivity index (χ0v) is 14.3. The van der Waals surface area contributed by atoms with Gasteiger partial charge in [0, 0.05) is 18.1 Å². The summed E-state index contributed by atoms with van der Waals surface area (Å²) in [5, 5.41) is 2.76. The standard InChI is InChI=1S/C20H19F2NO3/c1-13(14-6-8-18-19(12-14)26-11-3-10-25-18)23-20(24)9-7-15-16(21)4-2-5-17(15)22/h2,4-9,12-13H,3,10-11H2,1H3,(H,23,24)/b9-7+/t13-/m0/s1. The molecule has 4 nitrogen and oxygen atoms in total. The Kier molecular flexibility index (Phi) is 5.51. The fraction of sp³-hybridized carbons (Fsp3) is 0.250. The van der Waals surface area contributed by atoms with Crippen molar-refractivity contribution in [3.63, 3.8) is 0 Å². The molecule has 0 fully saturated rings. The lowest BCUT2D eigenvalue weighted by atomic mass is 10.1. The predicted molar refractivity (Wildman–Crippen MR) is 94.0 cm³/mol. The molecule has 1 aliphatic rings. The molecule has 0 saturated carbocycles. The Balaban J connectivity index is 1.68. The highest BCUT2D eigenvalue weighted by Gasteiger charge is 2.14. The van der Waals surface area contributed by atoms with Crippen LogP contribution in [-0.2, 0) is 4.79 Å². The molecule has 1 N–H and O–H groups in total. The van der Waals surface area contributed by atoms with Gasteiger partial charge in [0.15, 0.2) is 11.5 Å². The van der Waals surface area contributed by atoms with Gasteiger partial charge in [-0.2, -0.15) is 0 Å². The van der Waals surface area contributed by atoms with Gasteiger partial charge in [-0.3, -0.25) is 4.79 Å². The lowest BCUT2D eigenvalue weighted by molar-refractivity contribution is -0.117. The van der Waals surface area contributed by atoms with Crippen LogP contribution in [0.15, 0.2) is 42.5 Å². The lowest BCUT2D eigenvalue weighted by Gasteiger charge is -2.15. The molecule has 0 radical (unpaired) electrons. The molecule has 2 aromatic rings. The topological polar surface area (TPSA) is 47.6 Å². The largest absolute Gasteiger partial charge is 0.490 e. The Bertz CT molecular complexity index is 816. The molecule has 1 amide bonds. The number of ether oxygens (including phenoxy) is 2. The van der Waals surface area contributed by atoms with Gasteiger partial charge < -0.3 is 14.8 Å². The van der Waals surface area contributed by atoms with E-state index in [1.54, 1.807) is 0 Å². The summed E-state index contributed by atoms with van der Waals surface area (Å²) < 4.78 is 38.4. The molecule has 136 valence electrons. The van der Waals surface area contributed by atoms with Gasteiger partial charge in [-0.1, -0.05) is 12.1 Å². The molecule has 0 bridgehead atoms. The molecule has 0 aromatic heterocycles. The number of hydrogen-bond donors (Lipinski definition) is 1. The highest BCUT2D eigenvalue weighted by atomic mass is 19.1. The van der Waals surface area contributed by atoms with E-state index in [4.69, 9.17) is 9.47 Å². The molecule has 26 heavy (non-hydrogen) atoms. The van der Waals surface area contributed by atoms with Gasteiger partial charge in [0.25, 0.3) is 0 Å². The summed E-state index contributed by atoms with van der Waals surface area (Å²) in [5.41, 5.74) is 0.596. The monoisotopic (exact) mass is 359 g/mol. The Hall–Kier alpha value is -2.89. The van der Waals surface area contributed by atoms with Crippen LogP contribution in [-0.4, -0.2) is 19.1 Å². The van der Waals surface area contributed by atoms with Gasteiger partial charge in [0.05, 0.1) is 19.3 Å². The summed E-state index contributed by atoms with van der Waals surface area (Å²) >= 11 is 0. The first-order chi connectivity index (χ1) is 12.5. The fourth-order valence-electron chi connectivity index (χ4n) is 2.62. The first-order valence-corrected chi connectivity index (χ1v) is 8.37. The van der Waals surface area contributed by atoms with Crippen molar-refractivity contribution in [3.8, 4) is 11.5 Å². The zero-order chi connectivity index (χ0) is 18.5. The number of fused-ring (bicyclic) bond motifs is 1. The molecule has 1 aliphatic heterocycles. The maximum atomic E-state index is 13.6. The van der Waals surface area contributed by atoms with Gasteiger partial charge in [-0.25, -0.2) is 8.78 Å². The van der Waals surface area contributed by atoms with Gasteiger partial charge in [-0.15, -0.1) is 0 Å². The van der Waals surface area contributed by atoms with E-state index in [0.29, 0.717) is 24.7 Å². The van der Waals surface area contributed by atoms with E-state index in [-0.39, 0.29) is 11.6 Å². The summed E-state index contributed by atoms with van der Waals surface area (Å²) in [6.07, 6.45) is 3.05. The van der Waals surface area contributed by atoms with Crippen molar-refractivity contribution < 1.29 is 23.0 Å². The molecular formula is C20H19F2NO3. The Morgan fingerprint density at radius 2 is 1.81 bits per heavy atom. The van der Waals surface area contributed by atoms with Gasteiger partial charge in [0.2, 0.25) is 5.91 Å². The minimum Gasteiger partial charge on any atom is -0.490 e. The molecule has 2 aromatic carbocycles. The van der Waals surface area contributed by atoms with E-state index in [0.717, 1.165) is 36.3 Å². The molecule has 1 atom stereocenters. The van der Waals surface area contributed by atoms with Crippen molar-refractivity contribution in [2.24, 2.45) is 0 Å². The van der Waals surface area contributed by atoms with Crippen LogP contribution in [0.3, 0.4) is 0 Å². The molecule has 6 heteroatoms. The highest BCUT2D eigenvalue weighted by molar-refractivity contribution is 5.92. The summed E-state index contributed by atoms with van der Waals surface area (Å²) in [6, 6.07) is 8.72. The second-order valence-corrected chi connectivity index (χ2v) is 5.96. The van der Waals surface area contributed by atoms with E-state index < -0.39 is 17.5 Å². The quantitative estimate of drug-likeness (QED) is 0.839. The third kappa shape index (κ3) is 4.20. The van der Waals surface area contributed by atoms with E-state index in [2.05, 4.69) is 5.32 Å². The third-order valence-corrected chi connectivity index (χ3v) is 4.03. The summed E-state index contributed by atoms with van der Waals surface area (Å²) in [5.74, 6) is -0.563. The predicted octanol–water partition coefficient (Wildman–Crippen LogP) is 4.02. The smallest absolute Gasteiger partial charge is 0.244 e. The van der Waals surface area contributed by atoms with Crippen molar-refractivity contribution in [2.75, 3.05) is 13.2 Å². The molecule has 1 heterocycles. The van der Waals surface area contributed by atoms with Crippen molar-refractivity contribution in [3.05, 3.63) is 65.2 Å². The van der Waals surface area contributed by atoms with E-state index in [1.165, 1.54) is 6.07 Å². The number of nitrogens with one attached hydrogen (secondary N) is 1. The van der Waals surface area contributed by atoms with Gasteiger partial charge in [0.1, 0.15) is 11.6 Å². The van der Waals surface area contributed by atoms with Crippen molar-refractivity contribution >= 4 is 12.0 Å². The first-order valence-electron chi connectivity index (χ1n) is 8.37. The minimum atomic E-state index is -0.718. The Labute approximate surface area is 150 Å². The van der Waals surface area contributed by atoms with E-state index >= 15 is 0 Å². The normalized spacial score (nSPS) is 14.7. The molecule has 0 saturated heterocycles. The minimum absolute atomic E-state index is 0.245. The Morgan fingerprint density at radius 1 is 1.12 bits per heavy atom. The SMILES string of the molecule is C[C@H](NC(=O)/C=C/c1c(F)cccc1F)c1ccc2c(c1)OCCCO2. The molecule has 0 aliphatic carbocycles. The van der Waals surface area contributed by atoms with Crippen LogP contribution in [0.1, 0.15) is 30.5 Å². The van der Waals surface area contributed by atoms with Crippen molar-refractivity contribution in [2.45, 2.75) is 19.4 Å². The maximum Gasteiger partial charge on any atom is 0.244 e. The van der Waals surface area contributed by atoms with Gasteiger partial charge in [-0.05, 0) is 42.8 Å². The van der Waals surface area contributed by atoms with Crippen molar-refractivity contribution in [1.29, 1.82) is 0 Å². The van der Waals surface area contributed by atoms with Crippen LogP contribution < -0.4 is 14.8 Å². The number of hydrogen-bond acceptors (Lipinski definition) is 3. The zero-order valence-electron chi connectivity index (χ0n) is 14.3. The summed E-state index contributed by atoms with van der Waals surface area (Å²) in [4.78, 5) is 12.1. The van der Waals surface area contributed by atoms with Crippen LogP contribution in [0.5, 0.6) is 11.5 Å². The molecule has 3 rings (SSSR count). The summed E-state index contributed by atoms with van der Waals surface area (Å²) in [6.45, 7) is 3.00. The van der Waals surface area contributed by atoms with Crippen LogP contribution in [0.25, 0.3) is 6.08 Å². The number of carbonyl (C=O) groups excluding carboxylic acids is 1. The molecular weight excluding hydrogens is 340 g/mol. The van der Waals surface area contributed by atoms with Crippen molar-refractivity contribution in [1.82, 2.24) is 5.32 Å².